The summed E-state index contributed by atoms with van der Waals surface area (Å²) in [5.41, 5.74) is 4.66. The molecule has 1 unspecified atom stereocenters. The Morgan fingerprint density at radius 2 is 1.62 bits per heavy atom. The zero-order valence-corrected chi connectivity index (χ0v) is 17.3. The molecule has 29 heavy (non-hydrogen) atoms. The van der Waals surface area contributed by atoms with Crippen LogP contribution >= 0.6 is 11.3 Å². The highest BCUT2D eigenvalue weighted by atomic mass is 32.1. The van der Waals surface area contributed by atoms with Gasteiger partial charge in [0.05, 0.1) is 0 Å². The van der Waals surface area contributed by atoms with Gasteiger partial charge in [0.15, 0.2) is 0 Å². The minimum Gasteiger partial charge on any atom is -0.478 e. The monoisotopic (exact) mass is 414 g/mol. The second kappa shape index (κ2) is 9.82. The number of hydrogen-bond acceptors (Lipinski definition) is 5. The van der Waals surface area contributed by atoms with Crippen LogP contribution in [-0.4, -0.2) is 65.2 Å². The van der Waals surface area contributed by atoms with Crippen molar-refractivity contribution in [2.45, 2.75) is 18.9 Å². The van der Waals surface area contributed by atoms with Crippen molar-refractivity contribution in [3.05, 3.63) is 69.4 Å². The summed E-state index contributed by atoms with van der Waals surface area (Å²) in [7, 11) is 2.23. The number of nitrogens with zero attached hydrogens (tertiary/aromatic N) is 2. The van der Waals surface area contributed by atoms with Gasteiger partial charge in [0.25, 0.3) is 0 Å². The number of aliphatic carboxylic acids is 2. The molecule has 1 aromatic carbocycles. The van der Waals surface area contributed by atoms with Gasteiger partial charge in [-0.05, 0) is 41.6 Å². The fourth-order valence-electron chi connectivity index (χ4n) is 3.81. The molecule has 7 heteroatoms. The van der Waals surface area contributed by atoms with E-state index in [0.29, 0.717) is 18.2 Å². The zero-order chi connectivity index (χ0) is 20.8. The lowest BCUT2D eigenvalue weighted by molar-refractivity contribution is -0.134. The van der Waals surface area contributed by atoms with E-state index in [1.165, 1.54) is 38.2 Å². The third-order valence-electron chi connectivity index (χ3n) is 5.37. The molecule has 4 rings (SSSR count). The highest BCUT2D eigenvalue weighted by Gasteiger charge is 2.29. The van der Waals surface area contributed by atoms with Crippen molar-refractivity contribution < 1.29 is 19.8 Å². The van der Waals surface area contributed by atoms with Crippen molar-refractivity contribution in [2.24, 2.45) is 0 Å². The normalized spacial score (nSPS) is 19.6. The number of rotatable bonds is 3. The number of fused-ring (bicyclic) bond motifs is 2. The van der Waals surface area contributed by atoms with Crippen LogP contribution in [0.3, 0.4) is 0 Å². The van der Waals surface area contributed by atoms with E-state index in [9.17, 15) is 9.59 Å². The number of likely N-dealkylation sites (N-methyl/N-ethyl adjacent to an activating group) is 1. The van der Waals surface area contributed by atoms with Gasteiger partial charge in [0, 0.05) is 55.7 Å². The second-order valence-corrected chi connectivity index (χ2v) is 8.31. The SMILES string of the molecule is CN1CCN(C2Cc3ccccc3Cc3sccc32)CC1.O=C(O)/C=C/C(=O)O. The summed E-state index contributed by atoms with van der Waals surface area (Å²) < 4.78 is 0. The highest BCUT2D eigenvalue weighted by Crippen LogP contribution is 2.37. The molecule has 2 aromatic rings. The first-order valence-corrected chi connectivity index (χ1v) is 10.5. The largest absolute Gasteiger partial charge is 0.478 e. The summed E-state index contributed by atoms with van der Waals surface area (Å²) in [6.45, 7) is 4.77. The molecule has 6 nitrogen and oxygen atoms in total. The summed E-state index contributed by atoms with van der Waals surface area (Å²) in [5, 5.41) is 17.9. The van der Waals surface area contributed by atoms with Crippen LogP contribution in [0.1, 0.15) is 27.6 Å². The predicted octanol–water partition coefficient (Wildman–Crippen LogP) is 2.90. The van der Waals surface area contributed by atoms with E-state index in [1.54, 1.807) is 16.0 Å². The zero-order valence-electron chi connectivity index (χ0n) is 16.5. The summed E-state index contributed by atoms with van der Waals surface area (Å²) in [4.78, 5) is 25.8. The molecular weight excluding hydrogens is 388 g/mol. The van der Waals surface area contributed by atoms with Crippen LogP contribution in [-0.2, 0) is 22.4 Å². The van der Waals surface area contributed by atoms with Gasteiger partial charge < -0.3 is 15.1 Å². The Morgan fingerprint density at radius 1 is 1.00 bits per heavy atom. The molecule has 1 saturated heterocycles. The van der Waals surface area contributed by atoms with Crippen molar-refractivity contribution >= 4 is 23.3 Å². The Morgan fingerprint density at radius 3 is 2.24 bits per heavy atom. The average Bonchev–Trinajstić information content (AvgIpc) is 3.09. The van der Waals surface area contributed by atoms with Gasteiger partial charge >= 0.3 is 11.9 Å². The Hall–Kier alpha value is -2.48. The smallest absolute Gasteiger partial charge is 0.328 e. The van der Waals surface area contributed by atoms with Crippen LogP contribution in [0.5, 0.6) is 0 Å². The molecule has 0 saturated carbocycles. The van der Waals surface area contributed by atoms with Gasteiger partial charge in [0.2, 0.25) is 0 Å². The first-order valence-electron chi connectivity index (χ1n) is 9.63. The third kappa shape index (κ3) is 5.76. The maximum atomic E-state index is 9.55. The van der Waals surface area contributed by atoms with Gasteiger partial charge in [-0.2, -0.15) is 0 Å². The van der Waals surface area contributed by atoms with Crippen LogP contribution in [0.2, 0.25) is 0 Å². The molecule has 1 aliphatic heterocycles. The number of benzene rings is 1. The molecule has 1 fully saturated rings. The van der Waals surface area contributed by atoms with E-state index in [-0.39, 0.29) is 0 Å². The molecule has 2 N–H and O–H groups in total. The van der Waals surface area contributed by atoms with E-state index in [2.05, 4.69) is 52.6 Å². The molecule has 0 bridgehead atoms. The molecule has 1 atom stereocenters. The first kappa shape index (κ1) is 21.2. The molecule has 154 valence electrons. The van der Waals surface area contributed by atoms with Gasteiger partial charge in [-0.15, -0.1) is 11.3 Å². The number of carboxylic acid groups (broad SMARTS) is 2. The summed E-state index contributed by atoms with van der Waals surface area (Å²) in [6.07, 6.45) is 3.40. The van der Waals surface area contributed by atoms with E-state index in [4.69, 9.17) is 10.2 Å². The van der Waals surface area contributed by atoms with Gasteiger partial charge in [-0.1, -0.05) is 24.3 Å². The second-order valence-electron chi connectivity index (χ2n) is 7.31. The lowest BCUT2D eigenvalue weighted by atomic mass is 9.98. The summed E-state index contributed by atoms with van der Waals surface area (Å²) >= 11 is 1.93. The Bertz CT molecular complexity index is 868. The van der Waals surface area contributed by atoms with Crippen molar-refractivity contribution in [3.8, 4) is 0 Å². The van der Waals surface area contributed by atoms with Crippen LogP contribution < -0.4 is 0 Å². The lowest BCUT2D eigenvalue weighted by Gasteiger charge is -2.38. The van der Waals surface area contributed by atoms with Gasteiger partial charge in [-0.3, -0.25) is 4.90 Å². The quantitative estimate of drug-likeness (QED) is 0.752. The molecular formula is C22H26N2O4S. The third-order valence-corrected chi connectivity index (χ3v) is 6.31. The van der Waals surface area contributed by atoms with Crippen molar-refractivity contribution in [1.29, 1.82) is 0 Å². The van der Waals surface area contributed by atoms with Crippen LogP contribution in [0.4, 0.5) is 0 Å². The highest BCUT2D eigenvalue weighted by molar-refractivity contribution is 7.10. The van der Waals surface area contributed by atoms with Gasteiger partial charge in [-0.25, -0.2) is 9.59 Å². The maximum absolute atomic E-state index is 9.55. The summed E-state index contributed by atoms with van der Waals surface area (Å²) in [5.74, 6) is -2.51. The Labute approximate surface area is 174 Å². The average molecular weight is 415 g/mol. The molecule has 2 aliphatic rings. The fraction of sp³-hybridized carbons (Fsp3) is 0.364. The molecule has 1 aliphatic carbocycles. The van der Waals surface area contributed by atoms with E-state index < -0.39 is 11.9 Å². The van der Waals surface area contributed by atoms with Crippen molar-refractivity contribution in [1.82, 2.24) is 9.80 Å². The number of carboxylic acids is 2. The van der Waals surface area contributed by atoms with Crippen LogP contribution in [0, 0.1) is 0 Å². The molecule has 1 aromatic heterocycles. The standard InChI is InChI=1S/C18H22N2S.C4H4O4/c1-19-7-9-20(10-8-19)17-12-14-4-2-3-5-15(14)13-18-16(17)6-11-21-18;5-3(6)1-2-4(7)8/h2-6,11,17H,7-10,12-13H2,1H3;1-2H,(H,5,6)(H,7,8)/b;2-1+. The van der Waals surface area contributed by atoms with Crippen LogP contribution in [0.15, 0.2) is 47.9 Å². The topological polar surface area (TPSA) is 81.1 Å². The minimum absolute atomic E-state index is 0.558. The van der Waals surface area contributed by atoms with E-state index in [0.717, 1.165) is 6.42 Å². The molecule has 0 radical (unpaired) electrons. The van der Waals surface area contributed by atoms with Crippen molar-refractivity contribution in [2.75, 3.05) is 33.2 Å². The number of carbonyl (C=O) groups is 2. The molecule has 2 heterocycles. The lowest BCUT2D eigenvalue weighted by Crippen LogP contribution is -2.46. The number of thiophene rings is 1. The number of hydrogen-bond donors (Lipinski definition) is 2. The molecule has 0 amide bonds. The number of piperazine rings is 1. The maximum Gasteiger partial charge on any atom is 0.328 e. The Kier molecular flexibility index (Phi) is 7.19. The van der Waals surface area contributed by atoms with Gasteiger partial charge in [0.1, 0.15) is 0 Å². The minimum atomic E-state index is -1.26. The van der Waals surface area contributed by atoms with E-state index >= 15 is 0 Å². The predicted molar refractivity (Wildman–Crippen MR) is 113 cm³/mol. The molecule has 0 spiro atoms. The Balaban J connectivity index is 0.000000258. The fourth-order valence-corrected chi connectivity index (χ4v) is 4.77. The summed E-state index contributed by atoms with van der Waals surface area (Å²) in [6, 6.07) is 12.0. The van der Waals surface area contributed by atoms with Crippen LogP contribution in [0.25, 0.3) is 0 Å². The first-order chi connectivity index (χ1) is 13.9. The van der Waals surface area contributed by atoms with Crippen molar-refractivity contribution in [3.63, 3.8) is 0 Å². The van der Waals surface area contributed by atoms with E-state index in [1.807, 2.05) is 11.3 Å².